The summed E-state index contributed by atoms with van der Waals surface area (Å²) in [6.07, 6.45) is 6.93. The minimum atomic E-state index is -0.662. The van der Waals surface area contributed by atoms with Crippen molar-refractivity contribution >= 4 is 0 Å². The van der Waals surface area contributed by atoms with Crippen LogP contribution in [-0.2, 0) is 4.74 Å². The fraction of sp³-hybridized carbons (Fsp3) is 1.00. The molecule has 0 bridgehead atoms. The highest BCUT2D eigenvalue weighted by Crippen LogP contribution is 2.19. The summed E-state index contributed by atoms with van der Waals surface area (Å²) in [5.41, 5.74) is -0.662. The van der Waals surface area contributed by atoms with Crippen LogP contribution in [0.1, 0.15) is 52.9 Å². The fourth-order valence-electron chi connectivity index (χ4n) is 1.98. The van der Waals surface area contributed by atoms with Crippen molar-refractivity contribution in [1.29, 1.82) is 0 Å². The summed E-state index contributed by atoms with van der Waals surface area (Å²) in [5.74, 6) is 0. The predicted molar refractivity (Wildman–Crippen MR) is 66.6 cm³/mol. The predicted octanol–water partition coefficient (Wildman–Crippen LogP) is 2.08. The Kier molecular flexibility index (Phi) is 5.73. The molecule has 0 aromatic heterocycles. The molecule has 1 saturated carbocycles. The van der Waals surface area contributed by atoms with Crippen LogP contribution < -0.4 is 5.32 Å². The largest absolute Gasteiger partial charge is 0.389 e. The van der Waals surface area contributed by atoms with Gasteiger partial charge in [-0.25, -0.2) is 0 Å². The molecule has 0 radical (unpaired) electrons. The highest BCUT2D eigenvalue weighted by molar-refractivity contribution is 4.79. The summed E-state index contributed by atoms with van der Waals surface area (Å²) in [6.45, 7) is 7.23. The molecule has 0 spiro atoms. The van der Waals surface area contributed by atoms with Crippen LogP contribution in [0.25, 0.3) is 0 Å². The summed E-state index contributed by atoms with van der Waals surface area (Å²) in [6, 6.07) is 0.0995. The average molecular weight is 229 g/mol. The maximum absolute atomic E-state index is 9.73. The number of rotatable bonds is 6. The maximum atomic E-state index is 9.73. The lowest BCUT2D eigenvalue weighted by Gasteiger charge is -2.27. The number of aliphatic hydroxyl groups is 1. The van der Waals surface area contributed by atoms with Crippen molar-refractivity contribution in [3.8, 4) is 0 Å². The van der Waals surface area contributed by atoms with Gasteiger partial charge in [-0.05, 0) is 33.6 Å². The molecule has 0 amide bonds. The van der Waals surface area contributed by atoms with Crippen molar-refractivity contribution < 1.29 is 9.84 Å². The Morgan fingerprint density at radius 1 is 1.31 bits per heavy atom. The number of ether oxygens (including phenoxy) is 1. The maximum Gasteiger partial charge on any atom is 0.0741 e. The van der Waals surface area contributed by atoms with E-state index in [1.807, 2.05) is 20.8 Å². The summed E-state index contributed by atoms with van der Waals surface area (Å²) in [4.78, 5) is 0. The highest BCUT2D eigenvalue weighted by atomic mass is 16.5. The van der Waals surface area contributed by atoms with Crippen LogP contribution in [0.15, 0.2) is 0 Å². The van der Waals surface area contributed by atoms with Crippen molar-refractivity contribution in [2.45, 2.75) is 70.6 Å². The zero-order valence-electron chi connectivity index (χ0n) is 11.0. The van der Waals surface area contributed by atoms with Gasteiger partial charge in [0.25, 0.3) is 0 Å². The SMILES string of the molecule is CC(NCCOC1CCCCC1)C(C)(C)O. The molecule has 0 heterocycles. The van der Waals surface area contributed by atoms with Gasteiger partial charge < -0.3 is 15.2 Å². The normalized spacial score (nSPS) is 21.0. The molecule has 3 heteroatoms. The molecular formula is C13H27NO2. The van der Waals surface area contributed by atoms with E-state index in [1.54, 1.807) is 0 Å². The minimum Gasteiger partial charge on any atom is -0.389 e. The summed E-state index contributed by atoms with van der Waals surface area (Å²) in [7, 11) is 0. The van der Waals surface area contributed by atoms with E-state index in [9.17, 15) is 5.11 Å². The second-order valence-corrected chi connectivity index (χ2v) is 5.46. The van der Waals surface area contributed by atoms with Crippen LogP contribution in [-0.4, -0.2) is 36.0 Å². The molecule has 2 N–H and O–H groups in total. The van der Waals surface area contributed by atoms with Gasteiger partial charge in [0.15, 0.2) is 0 Å². The first-order chi connectivity index (χ1) is 7.50. The molecule has 0 saturated heterocycles. The molecular weight excluding hydrogens is 202 g/mol. The van der Waals surface area contributed by atoms with Gasteiger partial charge in [-0.15, -0.1) is 0 Å². The van der Waals surface area contributed by atoms with E-state index in [1.165, 1.54) is 32.1 Å². The van der Waals surface area contributed by atoms with Crippen LogP contribution in [0, 0.1) is 0 Å². The number of hydrogen-bond acceptors (Lipinski definition) is 3. The van der Waals surface area contributed by atoms with Crippen LogP contribution in [0.4, 0.5) is 0 Å². The van der Waals surface area contributed by atoms with Crippen LogP contribution in [0.5, 0.6) is 0 Å². The van der Waals surface area contributed by atoms with Gasteiger partial charge in [0, 0.05) is 12.6 Å². The summed E-state index contributed by atoms with van der Waals surface area (Å²) < 4.78 is 5.80. The number of nitrogens with one attached hydrogen (secondary N) is 1. The first-order valence-corrected chi connectivity index (χ1v) is 6.57. The van der Waals surface area contributed by atoms with Crippen molar-refractivity contribution in [1.82, 2.24) is 5.32 Å². The van der Waals surface area contributed by atoms with Crippen molar-refractivity contribution in [2.75, 3.05) is 13.2 Å². The summed E-state index contributed by atoms with van der Waals surface area (Å²) >= 11 is 0. The molecule has 1 aliphatic carbocycles. The van der Waals surface area contributed by atoms with Crippen molar-refractivity contribution in [3.05, 3.63) is 0 Å². The van der Waals surface area contributed by atoms with Gasteiger partial charge >= 0.3 is 0 Å². The Balaban J connectivity index is 2.02. The fourth-order valence-corrected chi connectivity index (χ4v) is 1.98. The summed E-state index contributed by atoms with van der Waals surface area (Å²) in [5, 5.41) is 13.0. The van der Waals surface area contributed by atoms with Gasteiger partial charge in [0.05, 0.1) is 18.3 Å². The first kappa shape index (κ1) is 13.9. The highest BCUT2D eigenvalue weighted by Gasteiger charge is 2.21. The topological polar surface area (TPSA) is 41.5 Å². The van der Waals surface area contributed by atoms with E-state index >= 15 is 0 Å². The molecule has 0 aromatic rings. The lowest BCUT2D eigenvalue weighted by molar-refractivity contribution is 0.0170. The Morgan fingerprint density at radius 2 is 1.94 bits per heavy atom. The van der Waals surface area contributed by atoms with E-state index in [2.05, 4.69) is 5.32 Å². The molecule has 0 aromatic carbocycles. The van der Waals surface area contributed by atoms with E-state index < -0.39 is 5.60 Å². The van der Waals surface area contributed by atoms with Gasteiger partial charge in [-0.2, -0.15) is 0 Å². The molecule has 0 aliphatic heterocycles. The van der Waals surface area contributed by atoms with Gasteiger partial charge in [0.2, 0.25) is 0 Å². The molecule has 1 rings (SSSR count). The zero-order chi connectivity index (χ0) is 12.0. The van der Waals surface area contributed by atoms with E-state index in [-0.39, 0.29) is 6.04 Å². The monoisotopic (exact) mass is 229 g/mol. The second kappa shape index (κ2) is 6.58. The van der Waals surface area contributed by atoms with Crippen molar-refractivity contribution in [3.63, 3.8) is 0 Å². The quantitative estimate of drug-likeness (QED) is 0.685. The van der Waals surface area contributed by atoms with Crippen LogP contribution in [0.3, 0.4) is 0 Å². The standard InChI is InChI=1S/C13H27NO2/c1-11(13(2,3)15)14-9-10-16-12-7-5-4-6-8-12/h11-12,14-15H,4-10H2,1-3H3. The Labute approximate surface area is 99.6 Å². The van der Waals surface area contributed by atoms with E-state index in [0.717, 1.165) is 13.2 Å². The number of hydrogen-bond donors (Lipinski definition) is 2. The zero-order valence-corrected chi connectivity index (χ0v) is 11.0. The Morgan fingerprint density at radius 3 is 2.50 bits per heavy atom. The van der Waals surface area contributed by atoms with Crippen molar-refractivity contribution in [2.24, 2.45) is 0 Å². The molecule has 1 fully saturated rings. The average Bonchev–Trinajstić information content (AvgIpc) is 2.24. The lowest BCUT2D eigenvalue weighted by Crippen LogP contribution is -2.45. The van der Waals surface area contributed by atoms with E-state index in [0.29, 0.717) is 6.10 Å². The molecule has 1 aliphatic rings. The third-order valence-electron chi connectivity index (χ3n) is 3.52. The molecule has 96 valence electrons. The molecule has 1 atom stereocenters. The third kappa shape index (κ3) is 5.28. The molecule has 1 unspecified atom stereocenters. The third-order valence-corrected chi connectivity index (χ3v) is 3.52. The molecule has 16 heavy (non-hydrogen) atoms. The van der Waals surface area contributed by atoms with E-state index in [4.69, 9.17) is 4.74 Å². The molecule has 3 nitrogen and oxygen atoms in total. The Hall–Kier alpha value is -0.120. The minimum absolute atomic E-state index is 0.0995. The lowest BCUT2D eigenvalue weighted by atomic mass is 9.98. The Bertz CT molecular complexity index is 183. The van der Waals surface area contributed by atoms with Crippen LogP contribution in [0.2, 0.25) is 0 Å². The first-order valence-electron chi connectivity index (χ1n) is 6.57. The van der Waals surface area contributed by atoms with Crippen LogP contribution >= 0.6 is 0 Å². The van der Waals surface area contributed by atoms with Gasteiger partial charge in [0.1, 0.15) is 0 Å². The second-order valence-electron chi connectivity index (χ2n) is 5.46. The van der Waals surface area contributed by atoms with Gasteiger partial charge in [-0.1, -0.05) is 19.3 Å². The van der Waals surface area contributed by atoms with Gasteiger partial charge in [-0.3, -0.25) is 0 Å². The smallest absolute Gasteiger partial charge is 0.0741 e.